The fourth-order valence-corrected chi connectivity index (χ4v) is 2.44. The first-order valence-corrected chi connectivity index (χ1v) is 6.00. The van der Waals surface area contributed by atoms with Gasteiger partial charge < -0.3 is 4.57 Å². The molecule has 3 rings (SSSR count). The first-order valence-electron chi connectivity index (χ1n) is 5.12. The summed E-state index contributed by atoms with van der Waals surface area (Å²) < 4.78 is 2.04. The summed E-state index contributed by atoms with van der Waals surface area (Å²) in [6, 6.07) is 6.45. The Morgan fingerprint density at radius 2 is 2.31 bits per heavy atom. The number of aryl methyl sites for hydroxylation is 1. The van der Waals surface area contributed by atoms with Crippen molar-refractivity contribution in [1.29, 1.82) is 0 Å². The van der Waals surface area contributed by atoms with Crippen molar-refractivity contribution in [1.82, 2.24) is 9.55 Å². The van der Waals surface area contributed by atoms with E-state index in [0.29, 0.717) is 0 Å². The molecular formula is C12H11N3S. The van der Waals surface area contributed by atoms with Crippen molar-refractivity contribution < 1.29 is 0 Å². The van der Waals surface area contributed by atoms with Crippen LogP contribution in [0.5, 0.6) is 0 Å². The molecule has 0 N–H and O–H groups in total. The van der Waals surface area contributed by atoms with E-state index >= 15 is 0 Å². The summed E-state index contributed by atoms with van der Waals surface area (Å²) in [5.41, 5.74) is 5.38. The molecule has 2 heterocycles. The molecule has 2 aromatic rings. The average Bonchev–Trinajstić information content (AvgIpc) is 2.75. The Balaban J connectivity index is 2.04. The maximum atomic E-state index is 4.27. The Kier molecular flexibility index (Phi) is 2.29. The van der Waals surface area contributed by atoms with E-state index in [-0.39, 0.29) is 0 Å². The third-order valence-corrected chi connectivity index (χ3v) is 3.48. The third-order valence-electron chi connectivity index (χ3n) is 2.57. The molecule has 1 aromatic carbocycles. The molecule has 0 unspecified atom stereocenters. The van der Waals surface area contributed by atoms with Gasteiger partial charge in [-0.05, 0) is 30.7 Å². The number of hydrogen-bond donors (Lipinski definition) is 0. The molecule has 0 aliphatic carbocycles. The van der Waals surface area contributed by atoms with Crippen LogP contribution in [0.3, 0.4) is 0 Å². The molecule has 0 bridgehead atoms. The van der Waals surface area contributed by atoms with E-state index in [1.165, 1.54) is 10.5 Å². The predicted molar refractivity (Wildman–Crippen MR) is 66.4 cm³/mol. The minimum atomic E-state index is 0.782. The molecule has 4 heteroatoms. The Morgan fingerprint density at radius 1 is 1.38 bits per heavy atom. The second-order valence-electron chi connectivity index (χ2n) is 3.78. The highest BCUT2D eigenvalue weighted by molar-refractivity contribution is 8.12. The van der Waals surface area contributed by atoms with Crippen molar-refractivity contribution in [3.63, 3.8) is 0 Å². The number of hydrogen-bond acceptors (Lipinski definition) is 3. The van der Waals surface area contributed by atoms with Crippen molar-refractivity contribution in [3.8, 4) is 5.69 Å². The quantitative estimate of drug-likeness (QED) is 0.752. The molecule has 16 heavy (non-hydrogen) atoms. The number of imidazole rings is 1. The van der Waals surface area contributed by atoms with Crippen LogP contribution < -0.4 is 0 Å². The van der Waals surface area contributed by atoms with Crippen LogP contribution >= 0.6 is 11.8 Å². The van der Waals surface area contributed by atoms with E-state index in [4.69, 9.17) is 0 Å². The van der Waals surface area contributed by atoms with Gasteiger partial charge in [0.2, 0.25) is 0 Å². The van der Waals surface area contributed by atoms with Gasteiger partial charge in [-0.25, -0.2) is 4.98 Å². The van der Waals surface area contributed by atoms with Crippen LogP contribution in [0, 0.1) is 6.92 Å². The van der Waals surface area contributed by atoms with Gasteiger partial charge >= 0.3 is 0 Å². The number of benzene rings is 1. The lowest BCUT2D eigenvalue weighted by atomic mass is 10.2. The fourth-order valence-electron chi connectivity index (χ4n) is 1.76. The summed E-state index contributed by atoms with van der Waals surface area (Å²) in [6.45, 7) is 2.78. The highest BCUT2D eigenvalue weighted by atomic mass is 32.2. The van der Waals surface area contributed by atoms with Crippen LogP contribution in [-0.4, -0.2) is 15.1 Å². The van der Waals surface area contributed by atoms with Gasteiger partial charge in [-0.15, -0.1) is 0 Å². The second kappa shape index (κ2) is 3.79. The summed E-state index contributed by atoms with van der Waals surface area (Å²) in [6.07, 6.45) is 3.87. The summed E-state index contributed by atoms with van der Waals surface area (Å²) in [5, 5.41) is 0. The summed E-state index contributed by atoms with van der Waals surface area (Å²) in [5.74, 6) is 0. The normalized spacial score (nSPS) is 13.8. The maximum absolute atomic E-state index is 4.27. The van der Waals surface area contributed by atoms with Crippen LogP contribution in [0.15, 0.2) is 40.6 Å². The average molecular weight is 229 g/mol. The third kappa shape index (κ3) is 1.65. The van der Waals surface area contributed by atoms with Crippen LogP contribution in [-0.2, 0) is 6.54 Å². The smallest absolute Gasteiger partial charge is 0.0995 e. The molecule has 0 amide bonds. The zero-order valence-electron chi connectivity index (χ0n) is 8.92. The lowest BCUT2D eigenvalue weighted by Gasteiger charge is -2.11. The standard InChI is InChI=1S/C12H11N3S/c1-9-6-15(7-14-9)11-2-3-12-10(4-11)5-13-8-16-12/h2-4,6-8H,5H2,1H3. The van der Waals surface area contributed by atoms with Crippen molar-refractivity contribution in [2.45, 2.75) is 18.4 Å². The van der Waals surface area contributed by atoms with E-state index in [0.717, 1.165) is 17.9 Å². The van der Waals surface area contributed by atoms with Gasteiger partial charge in [0.1, 0.15) is 0 Å². The summed E-state index contributed by atoms with van der Waals surface area (Å²) in [4.78, 5) is 9.81. The van der Waals surface area contributed by atoms with Gasteiger partial charge in [0.05, 0.1) is 24.1 Å². The summed E-state index contributed by atoms with van der Waals surface area (Å²) >= 11 is 1.68. The molecule has 0 spiro atoms. The maximum Gasteiger partial charge on any atom is 0.0995 e. The van der Waals surface area contributed by atoms with Crippen molar-refractivity contribution in [2.24, 2.45) is 4.99 Å². The number of thioether (sulfide) groups is 1. The molecule has 0 saturated heterocycles. The zero-order valence-corrected chi connectivity index (χ0v) is 9.74. The first-order chi connectivity index (χ1) is 7.83. The first kappa shape index (κ1) is 9.66. The highest BCUT2D eigenvalue weighted by Gasteiger charge is 2.07. The van der Waals surface area contributed by atoms with Crippen molar-refractivity contribution >= 4 is 17.3 Å². The molecule has 0 atom stereocenters. The number of aliphatic imine (C=N–C) groups is 1. The molecule has 0 saturated carbocycles. The van der Waals surface area contributed by atoms with Crippen LogP contribution in [0.25, 0.3) is 5.69 Å². The topological polar surface area (TPSA) is 30.2 Å². The molecule has 0 radical (unpaired) electrons. The second-order valence-corrected chi connectivity index (χ2v) is 4.66. The molecule has 0 fully saturated rings. The van der Waals surface area contributed by atoms with Gasteiger partial charge in [-0.3, -0.25) is 4.99 Å². The predicted octanol–water partition coefficient (Wildman–Crippen LogP) is 2.81. The number of rotatable bonds is 1. The Morgan fingerprint density at radius 3 is 3.12 bits per heavy atom. The van der Waals surface area contributed by atoms with Crippen LogP contribution in [0.1, 0.15) is 11.3 Å². The lowest BCUT2D eigenvalue weighted by molar-refractivity contribution is 0.994. The van der Waals surface area contributed by atoms with Gasteiger partial charge in [-0.2, -0.15) is 0 Å². The lowest BCUT2D eigenvalue weighted by Crippen LogP contribution is -1.96. The molecule has 80 valence electrons. The highest BCUT2D eigenvalue weighted by Crippen LogP contribution is 2.27. The molecule has 1 aliphatic rings. The zero-order chi connectivity index (χ0) is 11.0. The molecule has 1 aromatic heterocycles. The van der Waals surface area contributed by atoms with Crippen molar-refractivity contribution in [3.05, 3.63) is 42.0 Å². The number of fused-ring (bicyclic) bond motifs is 1. The minimum absolute atomic E-state index is 0.782. The van der Waals surface area contributed by atoms with E-state index in [1.54, 1.807) is 11.8 Å². The molecular weight excluding hydrogens is 218 g/mol. The minimum Gasteiger partial charge on any atom is -0.306 e. The SMILES string of the molecule is Cc1cn(-c2ccc3c(c2)CN=CS3)cn1. The number of aromatic nitrogens is 2. The number of nitrogens with zero attached hydrogens (tertiary/aromatic N) is 3. The van der Waals surface area contributed by atoms with Gasteiger partial charge in [0, 0.05) is 16.8 Å². The van der Waals surface area contributed by atoms with Crippen LogP contribution in [0.2, 0.25) is 0 Å². The Hall–Kier alpha value is -1.55. The molecule has 1 aliphatic heterocycles. The molecule has 3 nitrogen and oxygen atoms in total. The van der Waals surface area contributed by atoms with E-state index < -0.39 is 0 Å². The Labute approximate surface area is 98.2 Å². The van der Waals surface area contributed by atoms with E-state index in [1.807, 2.05) is 29.6 Å². The largest absolute Gasteiger partial charge is 0.306 e. The van der Waals surface area contributed by atoms with E-state index in [9.17, 15) is 0 Å². The summed E-state index contributed by atoms with van der Waals surface area (Å²) in [7, 11) is 0. The Bertz CT molecular complexity index is 557. The van der Waals surface area contributed by atoms with Crippen LogP contribution in [0.4, 0.5) is 0 Å². The van der Waals surface area contributed by atoms with Gasteiger partial charge in [-0.1, -0.05) is 11.8 Å². The van der Waals surface area contributed by atoms with Crippen molar-refractivity contribution in [2.75, 3.05) is 0 Å². The van der Waals surface area contributed by atoms with Gasteiger partial charge in [0.15, 0.2) is 0 Å². The van der Waals surface area contributed by atoms with Gasteiger partial charge in [0.25, 0.3) is 0 Å². The monoisotopic (exact) mass is 229 g/mol. The fraction of sp³-hybridized carbons (Fsp3) is 0.167. The van der Waals surface area contributed by atoms with E-state index in [2.05, 4.69) is 28.2 Å².